The van der Waals surface area contributed by atoms with Crippen molar-refractivity contribution in [3.05, 3.63) is 0 Å². The van der Waals surface area contributed by atoms with E-state index >= 15 is 0 Å². The summed E-state index contributed by atoms with van der Waals surface area (Å²) in [5, 5.41) is 78.6. The topological polar surface area (TPSA) is 210 Å². The van der Waals surface area contributed by atoms with Gasteiger partial charge in [-0.3, -0.25) is 0 Å². The van der Waals surface area contributed by atoms with Gasteiger partial charge in [0.15, 0.2) is 12.6 Å². The van der Waals surface area contributed by atoms with Crippen LogP contribution in [0.4, 0.5) is 0 Å². The van der Waals surface area contributed by atoms with E-state index < -0.39 is 55.8 Å². The van der Waals surface area contributed by atoms with Crippen LogP contribution in [0, 0.1) is 0 Å². The second-order valence-electron chi connectivity index (χ2n) is 5.26. The molecule has 0 aliphatic carbocycles. The van der Waals surface area contributed by atoms with Gasteiger partial charge in [0.2, 0.25) is 0 Å². The van der Waals surface area contributed by atoms with Crippen molar-refractivity contribution >= 4 is 22.6 Å². The van der Waals surface area contributed by atoms with Crippen LogP contribution < -0.4 is 0 Å². The smallest absolute Gasteiger partial charge is 0.157 e. The Kier molecular flexibility index (Phi) is 13.6. The molecule has 2 rings (SSSR count). The summed E-state index contributed by atoms with van der Waals surface area (Å²) >= 11 is 2.03. The van der Waals surface area contributed by atoms with Crippen LogP contribution >= 0.6 is 22.6 Å². The zero-order chi connectivity index (χ0) is 19.6. The summed E-state index contributed by atoms with van der Waals surface area (Å²) < 4.78 is 10.2. The first kappa shape index (κ1) is 25.2. The van der Waals surface area contributed by atoms with Crippen molar-refractivity contribution in [1.29, 1.82) is 0 Å². The van der Waals surface area contributed by atoms with Gasteiger partial charge in [0.05, 0.1) is 24.9 Å². The average molecular weight is 486 g/mol. The third-order valence-electron chi connectivity index (χ3n) is 3.43. The van der Waals surface area contributed by atoms with Gasteiger partial charge in [0.25, 0.3) is 0 Å². The van der Waals surface area contributed by atoms with Gasteiger partial charge in [-0.2, -0.15) is 0 Å². The molecular formula is C12H25IO12. The highest BCUT2D eigenvalue weighted by Gasteiger charge is 2.35. The molecule has 2 saturated heterocycles. The van der Waals surface area contributed by atoms with E-state index in [2.05, 4.69) is 5.04 Å². The van der Waals surface area contributed by atoms with E-state index in [4.69, 9.17) is 50.6 Å². The second-order valence-corrected chi connectivity index (χ2v) is 6.14. The first-order valence-corrected chi connectivity index (χ1v) is 8.75. The van der Waals surface area contributed by atoms with Crippen molar-refractivity contribution in [2.75, 3.05) is 11.0 Å². The number of hydrogen-bond acceptors (Lipinski definition) is 12. The maximum atomic E-state index is 9.26. The van der Waals surface area contributed by atoms with Crippen LogP contribution in [-0.2, 0) is 14.5 Å². The molecule has 0 amide bonds. The van der Waals surface area contributed by atoms with Crippen LogP contribution in [0.25, 0.3) is 0 Å². The van der Waals surface area contributed by atoms with E-state index in [-0.39, 0.29) is 12.8 Å². The van der Waals surface area contributed by atoms with Crippen LogP contribution in [0.2, 0.25) is 0 Å². The Balaban J connectivity index is 0.000000399. The fourth-order valence-electron chi connectivity index (χ4n) is 2.14. The zero-order valence-electron chi connectivity index (χ0n) is 13.1. The summed E-state index contributed by atoms with van der Waals surface area (Å²) in [6.45, 7) is -0.407. The van der Waals surface area contributed by atoms with Gasteiger partial charge in [0.1, 0.15) is 18.3 Å². The number of alkyl halides is 1. The van der Waals surface area contributed by atoms with Crippen LogP contribution in [0.5, 0.6) is 0 Å². The lowest BCUT2D eigenvalue weighted by molar-refractivity contribution is -0.465. The lowest BCUT2D eigenvalue weighted by Gasteiger charge is -2.33. The monoisotopic (exact) mass is 486 g/mol. The fourth-order valence-corrected chi connectivity index (χ4v) is 2.87. The number of rotatable bonds is 2. The molecule has 13 heteroatoms. The van der Waals surface area contributed by atoms with E-state index in [1.54, 1.807) is 0 Å². The molecular weight excluding hydrogens is 461 g/mol. The Morgan fingerprint density at radius 3 is 1.52 bits per heavy atom. The standard InChI is InChI=1S/C6H11IO4.C6H12O5.H2O3/c2*7-2-4-6(10)3(8)1-5(9)11-4;1-3-2/h3-6,8-10H,1-2H2;3-10H,1-2H2;1-2H/t2*3-,4-,5?,6+;/m11./s1/i;7-1;3-1. The van der Waals surface area contributed by atoms with E-state index in [1.807, 2.05) is 22.6 Å². The number of aliphatic hydroxyl groups excluding tert-OH is 7. The molecule has 0 aromatic rings. The molecule has 9 N–H and O–H groups in total. The largest absolute Gasteiger partial charge is 0.394 e. The molecule has 0 saturated carbocycles. The minimum Gasteiger partial charge on any atom is -0.394 e. The molecule has 2 fully saturated rings. The number of ether oxygens (including phenoxy) is 2. The Morgan fingerprint density at radius 1 is 0.800 bits per heavy atom. The number of halogens is 1. The molecule has 0 bridgehead atoms. The third kappa shape index (κ3) is 9.14. The molecule has 2 aliphatic rings. The molecule has 0 aromatic carbocycles. The molecule has 2 aliphatic heterocycles. The van der Waals surface area contributed by atoms with Gasteiger partial charge in [-0.15, -0.1) is 0 Å². The van der Waals surface area contributed by atoms with Gasteiger partial charge in [-0.05, 0) is 0 Å². The Labute approximate surface area is 156 Å². The van der Waals surface area contributed by atoms with Gasteiger partial charge < -0.3 is 45.2 Å². The molecule has 2 heterocycles. The molecule has 8 atom stereocenters. The van der Waals surface area contributed by atoms with Crippen molar-refractivity contribution in [1.82, 2.24) is 0 Å². The highest BCUT2D eigenvalue weighted by atomic mass is 127. The Hall–Kier alpha value is 0.250. The van der Waals surface area contributed by atoms with Crippen LogP contribution in [-0.4, -0.2) is 106 Å². The second kappa shape index (κ2) is 13.4. The maximum Gasteiger partial charge on any atom is 0.157 e. The van der Waals surface area contributed by atoms with E-state index in [1.165, 1.54) is 0 Å². The molecule has 12 nitrogen and oxygen atoms in total. The molecule has 0 spiro atoms. The molecule has 2 unspecified atom stereocenters. The highest BCUT2D eigenvalue weighted by Crippen LogP contribution is 2.20. The molecule has 0 aromatic heterocycles. The Bertz CT molecular complexity index is 307. The van der Waals surface area contributed by atoms with E-state index in [0.29, 0.717) is 4.43 Å². The first-order chi connectivity index (χ1) is 11.7. The predicted molar refractivity (Wildman–Crippen MR) is 87.3 cm³/mol. The number of hydrogen-bond donors (Lipinski definition) is 9. The van der Waals surface area contributed by atoms with Gasteiger partial charge in [0, 0.05) is 17.3 Å². The van der Waals surface area contributed by atoms with E-state index in [0.717, 1.165) is 0 Å². The van der Waals surface area contributed by atoms with Crippen molar-refractivity contribution < 1.29 is 60.8 Å². The SMILES string of the molecule is OC1C[C@@H](O)[C@H](O)[C@@H](CI)O1.OC1C[C@@H](O)[C@H](O)[C@@H](C[15OH])O1.O[15O]O. The average Bonchev–Trinajstić information content (AvgIpc) is 2.55. The normalized spacial score (nSPS) is 41.0. The lowest BCUT2D eigenvalue weighted by Crippen LogP contribution is -2.49. The minimum atomic E-state index is -1.11. The molecule has 25 heavy (non-hydrogen) atoms. The summed E-state index contributed by atoms with van der Waals surface area (Å²) in [5.41, 5.74) is 0. The summed E-state index contributed by atoms with van der Waals surface area (Å²) in [6, 6.07) is 0. The zero-order valence-corrected chi connectivity index (χ0v) is 15.2. The molecule has 0 radical (unpaired) electrons. The lowest BCUT2D eigenvalue weighted by atomic mass is 10.0. The third-order valence-corrected chi connectivity index (χ3v) is 4.30. The maximum absolute atomic E-state index is 9.26. The van der Waals surface area contributed by atoms with E-state index in [9.17, 15) is 5.11 Å². The van der Waals surface area contributed by atoms with Gasteiger partial charge >= 0.3 is 0 Å². The summed E-state index contributed by atoms with van der Waals surface area (Å²) in [6.07, 6.45) is -7.14. The summed E-state index contributed by atoms with van der Waals surface area (Å²) in [7, 11) is 0. The van der Waals surface area contributed by atoms with Gasteiger partial charge in [-0.25, -0.2) is 10.5 Å². The molecule has 152 valence electrons. The fraction of sp³-hybridized carbons (Fsp3) is 1.00. The summed E-state index contributed by atoms with van der Waals surface area (Å²) in [4.78, 5) is 0. The van der Waals surface area contributed by atoms with Crippen molar-refractivity contribution in [3.8, 4) is 0 Å². The van der Waals surface area contributed by atoms with Crippen LogP contribution in [0.15, 0.2) is 0 Å². The quantitative estimate of drug-likeness (QED) is 0.0828. The first-order valence-electron chi connectivity index (χ1n) is 7.22. The van der Waals surface area contributed by atoms with Crippen molar-refractivity contribution in [2.45, 2.75) is 62.0 Å². The van der Waals surface area contributed by atoms with Crippen LogP contribution in [0.3, 0.4) is 0 Å². The highest BCUT2D eigenvalue weighted by molar-refractivity contribution is 14.1. The predicted octanol–water partition coefficient (Wildman–Crippen LogP) is -2.99. The Morgan fingerprint density at radius 2 is 1.16 bits per heavy atom. The van der Waals surface area contributed by atoms with Gasteiger partial charge in [-0.1, -0.05) is 27.6 Å². The number of aliphatic hydroxyl groups is 7. The van der Waals surface area contributed by atoms with Crippen molar-refractivity contribution in [2.24, 2.45) is 0 Å². The minimum absolute atomic E-state index is 0.0162. The van der Waals surface area contributed by atoms with Crippen LogP contribution in [0.1, 0.15) is 12.8 Å². The summed E-state index contributed by atoms with van der Waals surface area (Å²) in [5.74, 6) is 0. The van der Waals surface area contributed by atoms with Crippen molar-refractivity contribution in [3.63, 3.8) is 0 Å².